The van der Waals surface area contributed by atoms with Crippen molar-refractivity contribution in [3.05, 3.63) is 36.2 Å². The van der Waals surface area contributed by atoms with E-state index >= 15 is 0 Å². The second-order valence-corrected chi connectivity index (χ2v) is 4.57. The molecule has 0 unspecified atom stereocenters. The number of hydrogen-bond donors (Lipinski definition) is 0. The molecule has 0 saturated heterocycles. The van der Waals surface area contributed by atoms with Crippen molar-refractivity contribution in [2.75, 3.05) is 20.2 Å². The quantitative estimate of drug-likeness (QED) is 0.699. The molecule has 1 aromatic heterocycles. The summed E-state index contributed by atoms with van der Waals surface area (Å²) in [5.74, 6) is -1.04. The third-order valence-electron chi connectivity index (χ3n) is 3.03. The van der Waals surface area contributed by atoms with E-state index in [-0.39, 0.29) is 24.4 Å². The topological polar surface area (TPSA) is 114 Å². The Hall–Kier alpha value is -3.28. The average molecular weight is 314 g/mol. The van der Waals surface area contributed by atoms with Gasteiger partial charge in [0.2, 0.25) is 0 Å². The molecule has 9 nitrogen and oxygen atoms in total. The first-order valence-electron chi connectivity index (χ1n) is 6.74. The number of nitriles is 1. The standard InChI is InChI=1S/C14H14N6O3/c1-19(8-4-7-15)13(21)9-23-14(22)11-5-2-3-6-12(11)20-10-16-17-18-20/h2-3,5-6,10H,4,8-9H2,1H3. The van der Waals surface area contributed by atoms with Crippen molar-refractivity contribution in [3.63, 3.8) is 0 Å². The van der Waals surface area contributed by atoms with Crippen molar-refractivity contribution in [2.45, 2.75) is 6.42 Å². The van der Waals surface area contributed by atoms with Crippen LogP contribution in [0.1, 0.15) is 16.8 Å². The third-order valence-corrected chi connectivity index (χ3v) is 3.03. The number of tetrazole rings is 1. The number of nitrogens with zero attached hydrogens (tertiary/aromatic N) is 6. The fraction of sp³-hybridized carbons (Fsp3) is 0.286. The SMILES string of the molecule is CN(CCC#N)C(=O)COC(=O)c1ccccc1-n1cnnn1. The molecule has 0 aliphatic rings. The monoisotopic (exact) mass is 314 g/mol. The fourth-order valence-corrected chi connectivity index (χ4v) is 1.78. The summed E-state index contributed by atoms with van der Waals surface area (Å²) >= 11 is 0. The van der Waals surface area contributed by atoms with Crippen LogP contribution in [0.4, 0.5) is 0 Å². The highest BCUT2D eigenvalue weighted by Gasteiger charge is 2.17. The van der Waals surface area contributed by atoms with Crippen molar-refractivity contribution in [1.29, 1.82) is 5.26 Å². The van der Waals surface area contributed by atoms with Crippen LogP contribution < -0.4 is 0 Å². The van der Waals surface area contributed by atoms with Crippen molar-refractivity contribution in [2.24, 2.45) is 0 Å². The van der Waals surface area contributed by atoms with Gasteiger partial charge >= 0.3 is 5.97 Å². The summed E-state index contributed by atoms with van der Waals surface area (Å²) in [6.07, 6.45) is 1.57. The predicted octanol–water partition coefficient (Wildman–Crippen LogP) is 0.191. The van der Waals surface area contributed by atoms with Gasteiger partial charge in [-0.1, -0.05) is 12.1 Å². The Bertz CT molecular complexity index is 722. The molecule has 0 spiro atoms. The molecule has 1 aromatic carbocycles. The van der Waals surface area contributed by atoms with E-state index in [0.29, 0.717) is 5.69 Å². The number of benzene rings is 1. The van der Waals surface area contributed by atoms with Gasteiger partial charge in [-0.25, -0.2) is 4.79 Å². The Morgan fingerprint density at radius 1 is 1.39 bits per heavy atom. The first kappa shape index (κ1) is 16.1. The number of likely N-dealkylation sites (N-methyl/N-ethyl adjacent to an activating group) is 1. The van der Waals surface area contributed by atoms with Crippen molar-refractivity contribution >= 4 is 11.9 Å². The molecule has 0 bridgehead atoms. The lowest BCUT2D eigenvalue weighted by atomic mass is 10.2. The summed E-state index contributed by atoms with van der Waals surface area (Å²) in [6.45, 7) is -0.112. The zero-order valence-electron chi connectivity index (χ0n) is 12.4. The molecule has 0 aliphatic carbocycles. The van der Waals surface area contributed by atoms with Crippen LogP contribution in [-0.4, -0.2) is 57.2 Å². The van der Waals surface area contributed by atoms with Gasteiger partial charge in [0.25, 0.3) is 5.91 Å². The molecule has 118 valence electrons. The number of amides is 1. The molecule has 0 radical (unpaired) electrons. The van der Waals surface area contributed by atoms with Crippen LogP contribution in [0.2, 0.25) is 0 Å². The minimum absolute atomic E-state index is 0.221. The van der Waals surface area contributed by atoms with E-state index in [4.69, 9.17) is 10.00 Å². The number of para-hydroxylation sites is 1. The average Bonchev–Trinajstić information content (AvgIpc) is 3.11. The van der Waals surface area contributed by atoms with Crippen LogP contribution in [0.3, 0.4) is 0 Å². The minimum Gasteiger partial charge on any atom is -0.452 e. The first-order valence-corrected chi connectivity index (χ1v) is 6.74. The smallest absolute Gasteiger partial charge is 0.340 e. The van der Waals surface area contributed by atoms with E-state index < -0.39 is 12.6 Å². The Labute approximate surface area is 132 Å². The molecular weight excluding hydrogens is 300 g/mol. The fourth-order valence-electron chi connectivity index (χ4n) is 1.78. The summed E-state index contributed by atoms with van der Waals surface area (Å²) in [7, 11) is 1.54. The zero-order valence-corrected chi connectivity index (χ0v) is 12.4. The lowest BCUT2D eigenvalue weighted by Crippen LogP contribution is -2.32. The van der Waals surface area contributed by atoms with E-state index in [1.807, 2.05) is 6.07 Å². The Balaban J connectivity index is 2.02. The van der Waals surface area contributed by atoms with Gasteiger partial charge in [-0.2, -0.15) is 9.94 Å². The van der Waals surface area contributed by atoms with E-state index in [2.05, 4.69) is 15.5 Å². The van der Waals surface area contributed by atoms with Gasteiger partial charge in [-0.3, -0.25) is 4.79 Å². The molecule has 23 heavy (non-hydrogen) atoms. The Kier molecular flexibility index (Phi) is 5.35. The predicted molar refractivity (Wildman–Crippen MR) is 77.3 cm³/mol. The third kappa shape index (κ3) is 4.10. The highest BCUT2D eigenvalue weighted by atomic mass is 16.5. The molecular formula is C14H14N6O3. The highest BCUT2D eigenvalue weighted by molar-refractivity contribution is 5.94. The number of ether oxygens (including phenoxy) is 1. The highest BCUT2D eigenvalue weighted by Crippen LogP contribution is 2.13. The molecule has 0 fully saturated rings. The van der Waals surface area contributed by atoms with Gasteiger partial charge in [0.05, 0.1) is 23.7 Å². The number of esters is 1. The second-order valence-electron chi connectivity index (χ2n) is 4.57. The lowest BCUT2D eigenvalue weighted by molar-refractivity contribution is -0.133. The summed E-state index contributed by atoms with van der Waals surface area (Å²) in [5.41, 5.74) is 0.695. The zero-order chi connectivity index (χ0) is 16.7. The summed E-state index contributed by atoms with van der Waals surface area (Å²) < 4.78 is 6.37. The largest absolute Gasteiger partial charge is 0.452 e. The van der Waals surface area contributed by atoms with Crippen LogP contribution in [0.15, 0.2) is 30.6 Å². The molecule has 2 rings (SSSR count). The first-order chi connectivity index (χ1) is 11.1. The van der Waals surface area contributed by atoms with E-state index in [9.17, 15) is 9.59 Å². The van der Waals surface area contributed by atoms with Gasteiger partial charge in [-0.15, -0.1) is 5.10 Å². The van der Waals surface area contributed by atoms with Crippen LogP contribution in [0.5, 0.6) is 0 Å². The van der Waals surface area contributed by atoms with Crippen molar-refractivity contribution in [1.82, 2.24) is 25.1 Å². The molecule has 9 heteroatoms. The van der Waals surface area contributed by atoms with Crippen molar-refractivity contribution < 1.29 is 14.3 Å². The van der Waals surface area contributed by atoms with E-state index in [1.54, 1.807) is 31.3 Å². The molecule has 0 atom stereocenters. The second kappa shape index (κ2) is 7.65. The minimum atomic E-state index is -0.655. The van der Waals surface area contributed by atoms with Crippen LogP contribution >= 0.6 is 0 Å². The maximum Gasteiger partial charge on any atom is 0.340 e. The van der Waals surface area contributed by atoms with Crippen LogP contribution in [0, 0.1) is 11.3 Å². The number of carbonyl (C=O) groups is 2. The maximum atomic E-state index is 12.2. The molecule has 2 aromatic rings. The molecule has 1 amide bonds. The van der Waals surface area contributed by atoms with Crippen molar-refractivity contribution in [3.8, 4) is 11.8 Å². The van der Waals surface area contributed by atoms with E-state index in [1.165, 1.54) is 15.9 Å². The molecule has 0 aliphatic heterocycles. The van der Waals surface area contributed by atoms with Gasteiger partial charge in [0.15, 0.2) is 6.61 Å². The van der Waals surface area contributed by atoms with Gasteiger partial charge in [0.1, 0.15) is 6.33 Å². The van der Waals surface area contributed by atoms with Gasteiger partial charge < -0.3 is 9.64 Å². The van der Waals surface area contributed by atoms with Crippen LogP contribution in [-0.2, 0) is 9.53 Å². The van der Waals surface area contributed by atoms with E-state index in [0.717, 1.165) is 0 Å². The van der Waals surface area contributed by atoms with Gasteiger partial charge in [-0.05, 0) is 22.6 Å². The molecule has 1 heterocycles. The number of carbonyl (C=O) groups excluding carboxylic acids is 2. The Morgan fingerprint density at radius 2 is 2.17 bits per heavy atom. The summed E-state index contributed by atoms with van der Waals surface area (Å²) in [6, 6.07) is 8.57. The maximum absolute atomic E-state index is 12.2. The summed E-state index contributed by atoms with van der Waals surface area (Å²) in [5, 5.41) is 19.3. The Morgan fingerprint density at radius 3 is 2.87 bits per heavy atom. The lowest BCUT2D eigenvalue weighted by Gasteiger charge is -2.15. The number of hydrogen-bond acceptors (Lipinski definition) is 7. The van der Waals surface area contributed by atoms with Gasteiger partial charge in [0, 0.05) is 13.6 Å². The summed E-state index contributed by atoms with van der Waals surface area (Å²) in [4.78, 5) is 25.3. The normalized spacial score (nSPS) is 9.91. The van der Waals surface area contributed by atoms with Crippen LogP contribution in [0.25, 0.3) is 5.69 Å². The molecule has 0 saturated carbocycles. The number of aromatic nitrogens is 4. The number of rotatable bonds is 6. The molecule has 0 N–H and O–H groups in total.